The third kappa shape index (κ3) is 8.22. The lowest BCUT2D eigenvalue weighted by molar-refractivity contribution is -0.151. The van der Waals surface area contributed by atoms with Crippen molar-refractivity contribution in [1.29, 1.82) is 0 Å². The second kappa shape index (κ2) is 13.0. The highest BCUT2D eigenvalue weighted by Gasteiger charge is 2.54. The molecule has 10 heteroatoms. The Balaban J connectivity index is 1.58. The average molecular weight is 637 g/mol. The fraction of sp³-hybridized carbons (Fsp3) is 0.914. The van der Waals surface area contributed by atoms with Crippen LogP contribution >= 0.6 is 0 Å². The van der Waals surface area contributed by atoms with E-state index in [9.17, 15) is 14.4 Å². The number of nitrogens with zero attached hydrogens (tertiary/aromatic N) is 3. The molecule has 45 heavy (non-hydrogen) atoms. The third-order valence-corrected chi connectivity index (χ3v) is 11.7. The summed E-state index contributed by atoms with van der Waals surface area (Å²) in [6, 6.07) is 0. The highest BCUT2D eigenvalue weighted by Crippen LogP contribution is 2.45. The second-order valence-corrected chi connectivity index (χ2v) is 17.4. The molecular formula is C35H64N4O6. The van der Waals surface area contributed by atoms with Crippen LogP contribution in [0.2, 0.25) is 0 Å². The molecule has 0 bridgehead atoms. The smallest absolute Gasteiger partial charge is 0.310 e. The molecule has 3 saturated heterocycles. The molecule has 0 saturated carbocycles. The van der Waals surface area contributed by atoms with E-state index in [0.29, 0.717) is 26.1 Å². The molecule has 260 valence electrons. The summed E-state index contributed by atoms with van der Waals surface area (Å²) >= 11 is 0. The van der Waals surface area contributed by atoms with Crippen LogP contribution in [0.4, 0.5) is 0 Å². The maximum absolute atomic E-state index is 13.2. The van der Waals surface area contributed by atoms with Crippen molar-refractivity contribution in [2.24, 2.45) is 17.8 Å². The summed E-state index contributed by atoms with van der Waals surface area (Å²) in [5, 5.41) is 3.54. The van der Waals surface area contributed by atoms with Gasteiger partial charge in [-0.2, -0.15) is 0 Å². The number of esters is 3. The lowest BCUT2D eigenvalue weighted by Gasteiger charge is -2.38. The number of hydrogen-bond donors (Lipinski definition) is 1. The van der Waals surface area contributed by atoms with Gasteiger partial charge in [-0.25, -0.2) is 0 Å². The molecular weight excluding hydrogens is 572 g/mol. The Labute approximate surface area is 273 Å². The van der Waals surface area contributed by atoms with E-state index in [1.807, 2.05) is 18.7 Å². The normalized spacial score (nSPS) is 29.5. The van der Waals surface area contributed by atoms with Crippen molar-refractivity contribution in [3.8, 4) is 0 Å². The van der Waals surface area contributed by atoms with Crippen LogP contribution in [-0.2, 0) is 28.6 Å². The van der Waals surface area contributed by atoms with Crippen LogP contribution in [0.3, 0.4) is 0 Å². The van der Waals surface area contributed by atoms with Crippen LogP contribution in [0.5, 0.6) is 0 Å². The fourth-order valence-corrected chi connectivity index (χ4v) is 8.16. The van der Waals surface area contributed by atoms with Gasteiger partial charge in [-0.1, -0.05) is 0 Å². The number of likely N-dealkylation sites (tertiary alicyclic amines) is 2. The molecule has 0 radical (unpaired) electrons. The largest absolute Gasteiger partial charge is 0.464 e. The van der Waals surface area contributed by atoms with E-state index in [-0.39, 0.29) is 88.7 Å². The Hall–Kier alpha value is -1.75. The van der Waals surface area contributed by atoms with E-state index in [0.717, 1.165) is 12.8 Å². The van der Waals surface area contributed by atoms with Gasteiger partial charge in [0.2, 0.25) is 0 Å². The molecule has 3 aliphatic heterocycles. The Morgan fingerprint density at radius 2 is 0.933 bits per heavy atom. The minimum Gasteiger partial charge on any atom is -0.464 e. The van der Waals surface area contributed by atoms with Gasteiger partial charge in [-0.15, -0.1) is 0 Å². The van der Waals surface area contributed by atoms with Gasteiger partial charge in [0.05, 0.1) is 17.8 Å². The molecule has 3 rings (SSSR count). The lowest BCUT2D eigenvalue weighted by Crippen LogP contribution is -2.48. The van der Waals surface area contributed by atoms with Gasteiger partial charge in [-0.05, 0) is 116 Å². The van der Waals surface area contributed by atoms with Crippen molar-refractivity contribution in [2.45, 2.75) is 136 Å². The first-order valence-electron chi connectivity index (χ1n) is 16.8. The fourth-order valence-electron chi connectivity index (χ4n) is 8.16. The molecule has 3 fully saturated rings. The van der Waals surface area contributed by atoms with Crippen LogP contribution in [0, 0.1) is 17.8 Å². The zero-order valence-corrected chi connectivity index (χ0v) is 30.9. The number of rotatable bonds is 12. The van der Waals surface area contributed by atoms with Gasteiger partial charge in [0, 0.05) is 52.9 Å². The highest BCUT2D eigenvalue weighted by atomic mass is 16.5. The van der Waals surface area contributed by atoms with E-state index < -0.39 is 0 Å². The Morgan fingerprint density at radius 1 is 0.600 bits per heavy atom. The summed E-state index contributed by atoms with van der Waals surface area (Å²) in [6.45, 7) is 27.2. The van der Waals surface area contributed by atoms with Crippen LogP contribution in [-0.4, -0.2) is 119 Å². The Bertz CT molecular complexity index is 1040. The summed E-state index contributed by atoms with van der Waals surface area (Å²) in [5.74, 6) is -1.28. The van der Waals surface area contributed by atoms with Gasteiger partial charge in [0.1, 0.15) is 19.8 Å². The monoisotopic (exact) mass is 636 g/mol. The molecule has 0 aromatic heterocycles. The van der Waals surface area contributed by atoms with E-state index >= 15 is 0 Å². The molecule has 3 atom stereocenters. The zero-order valence-electron chi connectivity index (χ0n) is 30.9. The van der Waals surface area contributed by atoms with Crippen LogP contribution < -0.4 is 5.32 Å². The van der Waals surface area contributed by atoms with Crippen LogP contribution in [0.1, 0.15) is 102 Å². The third-order valence-electron chi connectivity index (χ3n) is 11.7. The minimum absolute atomic E-state index is 0.0938. The molecule has 0 amide bonds. The SMILES string of the molecule is CN1C(C)(C)CC(C(=O)OCCN(CCOC(=O)C2CC(C)(C)NC2(C)C)CCOC(=O)C2CC(C)(C)N(C)C2(C)C)C1(C)C. The number of carbonyl (C=O) groups excluding carboxylic acids is 3. The molecule has 1 N–H and O–H groups in total. The standard InChI is InChI=1S/C35H64N4O6/c1-30(2)21-24(33(7,8)36-30)27(40)43-18-15-39(16-19-44-28(41)25-22-31(3,4)37(13)34(25,9)10)17-20-45-29(42)26-23-32(5,6)38(14)35(26,11)12/h24-26,36H,15-23H2,1-14H3. The van der Waals surface area contributed by atoms with Crippen molar-refractivity contribution in [1.82, 2.24) is 20.0 Å². The Morgan fingerprint density at radius 3 is 1.20 bits per heavy atom. The zero-order chi connectivity index (χ0) is 34.4. The van der Waals surface area contributed by atoms with E-state index in [1.165, 1.54) is 0 Å². The number of hydrogen-bond acceptors (Lipinski definition) is 10. The topological polar surface area (TPSA) is 101 Å². The van der Waals surface area contributed by atoms with Crippen molar-refractivity contribution < 1.29 is 28.6 Å². The first-order chi connectivity index (χ1) is 20.3. The number of carbonyl (C=O) groups is 3. The van der Waals surface area contributed by atoms with E-state index in [1.54, 1.807) is 0 Å². The number of nitrogens with one attached hydrogen (secondary N) is 1. The van der Waals surface area contributed by atoms with Gasteiger partial charge >= 0.3 is 17.9 Å². The average Bonchev–Trinajstić information content (AvgIpc) is 3.31. The quantitative estimate of drug-likeness (QED) is 0.249. The number of ether oxygens (including phenoxy) is 3. The molecule has 10 nitrogen and oxygen atoms in total. The summed E-state index contributed by atoms with van der Waals surface area (Å²) < 4.78 is 17.4. The highest BCUT2D eigenvalue weighted by molar-refractivity contribution is 5.76. The molecule has 0 aromatic rings. The maximum atomic E-state index is 13.2. The predicted octanol–water partition coefficient (Wildman–Crippen LogP) is 4.10. The van der Waals surface area contributed by atoms with Crippen LogP contribution in [0.25, 0.3) is 0 Å². The Kier molecular flexibility index (Phi) is 10.9. The van der Waals surface area contributed by atoms with Gasteiger partial charge in [-0.3, -0.25) is 29.1 Å². The first-order valence-corrected chi connectivity index (χ1v) is 16.8. The van der Waals surface area contributed by atoms with Gasteiger partial charge in [0.15, 0.2) is 0 Å². The van der Waals surface area contributed by atoms with Gasteiger partial charge < -0.3 is 19.5 Å². The molecule has 0 spiro atoms. The summed E-state index contributed by atoms with van der Waals surface area (Å²) in [5.41, 5.74) is -1.29. The van der Waals surface area contributed by atoms with Crippen molar-refractivity contribution >= 4 is 17.9 Å². The maximum Gasteiger partial charge on any atom is 0.310 e. The van der Waals surface area contributed by atoms with E-state index in [2.05, 4.69) is 98.4 Å². The minimum atomic E-state index is -0.351. The second-order valence-electron chi connectivity index (χ2n) is 17.4. The molecule has 3 aliphatic rings. The van der Waals surface area contributed by atoms with Crippen molar-refractivity contribution in [3.05, 3.63) is 0 Å². The molecule has 3 unspecified atom stereocenters. The predicted molar refractivity (Wildman–Crippen MR) is 177 cm³/mol. The summed E-state index contributed by atoms with van der Waals surface area (Å²) in [6.07, 6.45) is 2.18. The van der Waals surface area contributed by atoms with Crippen molar-refractivity contribution in [2.75, 3.05) is 53.6 Å². The molecule has 3 heterocycles. The molecule has 0 aliphatic carbocycles. The molecule has 0 aromatic carbocycles. The summed E-state index contributed by atoms with van der Waals surface area (Å²) in [7, 11) is 4.13. The van der Waals surface area contributed by atoms with Crippen LogP contribution in [0.15, 0.2) is 0 Å². The van der Waals surface area contributed by atoms with E-state index in [4.69, 9.17) is 14.2 Å². The lowest BCUT2D eigenvalue weighted by atomic mass is 9.87. The summed E-state index contributed by atoms with van der Waals surface area (Å²) in [4.78, 5) is 46.1. The van der Waals surface area contributed by atoms with Gasteiger partial charge in [0.25, 0.3) is 0 Å². The van der Waals surface area contributed by atoms with Crippen molar-refractivity contribution in [3.63, 3.8) is 0 Å². The first kappa shape index (κ1) is 37.7.